The molecule has 0 aromatic rings. The Kier molecular flexibility index (Phi) is 2.87. The van der Waals surface area contributed by atoms with Crippen molar-refractivity contribution in [3.8, 4) is 0 Å². The maximum Gasteiger partial charge on any atom is 0.336 e. The molecule has 0 unspecified atom stereocenters. The summed E-state index contributed by atoms with van der Waals surface area (Å²) in [5.41, 5.74) is -0.929. The standard InChI is InChI=1S/C8H13NO4/c1-3-6(10)9-8(4-13-5-8)7(11)12-2/h3-5H2,1-2H3,(H,9,10). The molecule has 13 heavy (non-hydrogen) atoms. The lowest BCUT2D eigenvalue weighted by atomic mass is 9.97. The van der Waals surface area contributed by atoms with Gasteiger partial charge in [-0.25, -0.2) is 4.79 Å². The van der Waals surface area contributed by atoms with Gasteiger partial charge >= 0.3 is 5.97 Å². The second kappa shape index (κ2) is 3.74. The summed E-state index contributed by atoms with van der Waals surface area (Å²) in [5, 5.41) is 2.59. The van der Waals surface area contributed by atoms with Crippen molar-refractivity contribution in [2.45, 2.75) is 18.9 Å². The molecule has 1 aliphatic rings. The second-order valence-electron chi connectivity index (χ2n) is 2.97. The molecule has 0 bridgehead atoms. The zero-order valence-electron chi connectivity index (χ0n) is 7.75. The number of hydrogen-bond donors (Lipinski definition) is 1. The molecule has 0 spiro atoms. The van der Waals surface area contributed by atoms with E-state index in [4.69, 9.17) is 4.74 Å². The van der Waals surface area contributed by atoms with Crippen molar-refractivity contribution >= 4 is 11.9 Å². The molecular weight excluding hydrogens is 174 g/mol. The van der Waals surface area contributed by atoms with Gasteiger partial charge in [-0.15, -0.1) is 0 Å². The van der Waals surface area contributed by atoms with Gasteiger partial charge in [0.05, 0.1) is 20.3 Å². The lowest BCUT2D eigenvalue weighted by molar-refractivity contribution is -0.172. The first-order chi connectivity index (χ1) is 6.14. The van der Waals surface area contributed by atoms with Crippen LogP contribution in [0, 0.1) is 0 Å². The van der Waals surface area contributed by atoms with E-state index in [1.807, 2.05) is 0 Å². The Labute approximate surface area is 76.4 Å². The first kappa shape index (κ1) is 9.98. The predicted octanol–water partition coefficient (Wildman–Crippen LogP) is -0.545. The molecule has 0 saturated carbocycles. The van der Waals surface area contributed by atoms with E-state index in [1.165, 1.54) is 7.11 Å². The van der Waals surface area contributed by atoms with Crippen molar-refractivity contribution in [2.75, 3.05) is 20.3 Å². The van der Waals surface area contributed by atoms with E-state index < -0.39 is 11.5 Å². The summed E-state index contributed by atoms with van der Waals surface area (Å²) in [6.45, 7) is 2.12. The quantitative estimate of drug-likeness (QED) is 0.602. The Hall–Kier alpha value is -1.10. The number of carbonyl (C=O) groups excluding carboxylic acids is 2. The van der Waals surface area contributed by atoms with Crippen molar-refractivity contribution in [3.05, 3.63) is 0 Å². The molecule has 0 aromatic carbocycles. The molecule has 0 aromatic heterocycles. The molecule has 0 aliphatic carbocycles. The number of methoxy groups -OCH3 is 1. The molecule has 74 valence electrons. The topological polar surface area (TPSA) is 64.6 Å². The highest BCUT2D eigenvalue weighted by Gasteiger charge is 2.48. The fraction of sp³-hybridized carbons (Fsp3) is 0.750. The highest BCUT2D eigenvalue weighted by molar-refractivity contribution is 5.89. The third-order valence-corrected chi connectivity index (χ3v) is 1.97. The van der Waals surface area contributed by atoms with Crippen LogP contribution in [0.15, 0.2) is 0 Å². The van der Waals surface area contributed by atoms with Gasteiger partial charge in [0.1, 0.15) is 0 Å². The van der Waals surface area contributed by atoms with Gasteiger partial charge in [-0.1, -0.05) is 6.92 Å². The first-order valence-corrected chi connectivity index (χ1v) is 4.12. The molecule has 1 fully saturated rings. The molecule has 1 saturated heterocycles. The summed E-state index contributed by atoms with van der Waals surface area (Å²) in [7, 11) is 1.29. The lowest BCUT2D eigenvalue weighted by Crippen LogP contribution is -2.67. The van der Waals surface area contributed by atoms with Crippen LogP contribution in [0.4, 0.5) is 0 Å². The van der Waals surface area contributed by atoms with Crippen molar-refractivity contribution in [1.82, 2.24) is 5.32 Å². The average Bonchev–Trinajstić information content (AvgIpc) is 2.09. The minimum absolute atomic E-state index is 0.172. The molecule has 1 N–H and O–H groups in total. The Morgan fingerprint density at radius 3 is 2.46 bits per heavy atom. The van der Waals surface area contributed by atoms with E-state index >= 15 is 0 Å². The maximum absolute atomic E-state index is 11.3. The highest BCUT2D eigenvalue weighted by Crippen LogP contribution is 2.18. The number of amides is 1. The van der Waals surface area contributed by atoms with Crippen LogP contribution in [-0.4, -0.2) is 37.7 Å². The van der Waals surface area contributed by atoms with Crippen LogP contribution < -0.4 is 5.32 Å². The lowest BCUT2D eigenvalue weighted by Gasteiger charge is -2.38. The molecule has 1 heterocycles. The molecule has 0 atom stereocenters. The predicted molar refractivity (Wildman–Crippen MR) is 44.0 cm³/mol. The Morgan fingerprint density at radius 1 is 1.54 bits per heavy atom. The number of hydrogen-bond acceptors (Lipinski definition) is 4. The summed E-state index contributed by atoms with van der Waals surface area (Å²) >= 11 is 0. The Morgan fingerprint density at radius 2 is 2.15 bits per heavy atom. The summed E-state index contributed by atoms with van der Waals surface area (Å²) in [4.78, 5) is 22.3. The molecule has 5 nitrogen and oxygen atoms in total. The van der Waals surface area contributed by atoms with Gasteiger partial charge < -0.3 is 14.8 Å². The third kappa shape index (κ3) is 1.80. The fourth-order valence-electron chi connectivity index (χ4n) is 1.10. The number of nitrogens with one attached hydrogen (secondary N) is 1. The van der Waals surface area contributed by atoms with Gasteiger partial charge in [0.15, 0.2) is 5.54 Å². The average molecular weight is 187 g/mol. The van der Waals surface area contributed by atoms with Crippen LogP contribution in [0.2, 0.25) is 0 Å². The summed E-state index contributed by atoms with van der Waals surface area (Å²) in [6.07, 6.45) is 0.346. The fourth-order valence-corrected chi connectivity index (χ4v) is 1.10. The molecule has 0 radical (unpaired) electrons. The molecule has 5 heteroatoms. The zero-order valence-corrected chi connectivity index (χ0v) is 7.75. The number of carbonyl (C=O) groups is 2. The summed E-state index contributed by atoms with van der Waals surface area (Å²) in [5.74, 6) is -0.616. The third-order valence-electron chi connectivity index (χ3n) is 1.97. The minimum atomic E-state index is -0.929. The first-order valence-electron chi connectivity index (χ1n) is 4.12. The maximum atomic E-state index is 11.3. The van der Waals surface area contributed by atoms with Crippen molar-refractivity contribution < 1.29 is 19.1 Å². The Bertz CT molecular complexity index is 222. The van der Waals surface area contributed by atoms with Crippen LogP contribution in [0.25, 0.3) is 0 Å². The van der Waals surface area contributed by atoms with Crippen molar-refractivity contribution in [2.24, 2.45) is 0 Å². The van der Waals surface area contributed by atoms with Crippen LogP contribution >= 0.6 is 0 Å². The van der Waals surface area contributed by atoms with Crippen LogP contribution in [0.1, 0.15) is 13.3 Å². The molecule has 1 rings (SSSR count). The summed E-state index contributed by atoms with van der Waals surface area (Å²) < 4.78 is 9.46. The van der Waals surface area contributed by atoms with E-state index in [-0.39, 0.29) is 19.1 Å². The van der Waals surface area contributed by atoms with E-state index in [0.717, 1.165) is 0 Å². The monoisotopic (exact) mass is 187 g/mol. The number of ether oxygens (including phenoxy) is 2. The number of rotatable bonds is 3. The van der Waals surface area contributed by atoms with Gasteiger partial charge in [-0.05, 0) is 0 Å². The van der Waals surface area contributed by atoms with Crippen molar-refractivity contribution in [3.63, 3.8) is 0 Å². The zero-order chi connectivity index (χ0) is 9.90. The van der Waals surface area contributed by atoms with E-state index in [2.05, 4.69) is 10.1 Å². The van der Waals surface area contributed by atoms with Gasteiger partial charge in [-0.3, -0.25) is 4.79 Å². The SMILES string of the molecule is CCC(=O)NC1(C(=O)OC)COC1. The van der Waals surface area contributed by atoms with Gasteiger partial charge in [0.2, 0.25) is 5.91 Å². The largest absolute Gasteiger partial charge is 0.467 e. The van der Waals surface area contributed by atoms with Gasteiger partial charge in [0, 0.05) is 6.42 Å². The van der Waals surface area contributed by atoms with E-state index in [9.17, 15) is 9.59 Å². The second-order valence-corrected chi connectivity index (χ2v) is 2.97. The molecule has 1 amide bonds. The van der Waals surface area contributed by atoms with Crippen LogP contribution in [-0.2, 0) is 19.1 Å². The normalized spacial score (nSPS) is 18.6. The summed E-state index contributed by atoms with van der Waals surface area (Å²) in [6, 6.07) is 0. The Balaban J connectivity index is 2.59. The van der Waals surface area contributed by atoms with Crippen molar-refractivity contribution in [1.29, 1.82) is 0 Å². The van der Waals surface area contributed by atoms with Crippen LogP contribution in [0.5, 0.6) is 0 Å². The smallest absolute Gasteiger partial charge is 0.336 e. The molecular formula is C8H13NO4. The van der Waals surface area contributed by atoms with Gasteiger partial charge in [-0.2, -0.15) is 0 Å². The van der Waals surface area contributed by atoms with E-state index in [0.29, 0.717) is 6.42 Å². The minimum Gasteiger partial charge on any atom is -0.467 e. The number of esters is 1. The highest BCUT2D eigenvalue weighted by atomic mass is 16.5. The van der Waals surface area contributed by atoms with Gasteiger partial charge in [0.25, 0.3) is 0 Å². The molecule has 1 aliphatic heterocycles. The van der Waals surface area contributed by atoms with E-state index in [1.54, 1.807) is 6.92 Å². The van der Waals surface area contributed by atoms with Crippen LogP contribution in [0.3, 0.4) is 0 Å².